The molecule has 15 heavy (non-hydrogen) atoms. The van der Waals surface area contributed by atoms with Crippen molar-refractivity contribution < 1.29 is 14.7 Å². The maximum absolute atomic E-state index is 11.4. The van der Waals surface area contributed by atoms with Gasteiger partial charge in [0, 0.05) is 6.54 Å². The molecule has 0 fully saturated rings. The number of thiazole rings is 1. The molecule has 0 radical (unpaired) electrons. The van der Waals surface area contributed by atoms with Crippen LogP contribution in [0.4, 0.5) is 0 Å². The number of nitrogens with zero attached hydrogens (tertiary/aromatic N) is 1. The summed E-state index contributed by atoms with van der Waals surface area (Å²) in [4.78, 5) is 26.3. The second-order valence-corrected chi connectivity index (χ2v) is 3.91. The topological polar surface area (TPSA) is 79.3 Å². The van der Waals surface area contributed by atoms with E-state index in [0.717, 1.165) is 0 Å². The number of nitrogens with one attached hydrogen (secondary N) is 1. The van der Waals surface area contributed by atoms with Gasteiger partial charge in [-0.1, -0.05) is 6.92 Å². The molecular formula is C9H12N2O3S. The third-order valence-corrected chi connectivity index (χ3v) is 2.78. The number of amides is 1. The predicted molar refractivity (Wildman–Crippen MR) is 55.9 cm³/mol. The van der Waals surface area contributed by atoms with Gasteiger partial charge in [0.15, 0.2) is 0 Å². The van der Waals surface area contributed by atoms with Gasteiger partial charge in [0.05, 0.1) is 17.6 Å². The molecule has 1 rings (SSSR count). The monoisotopic (exact) mass is 228 g/mol. The molecule has 1 aromatic rings. The molecule has 82 valence electrons. The summed E-state index contributed by atoms with van der Waals surface area (Å²) in [6.45, 7) is 1.93. The second-order valence-electron chi connectivity index (χ2n) is 3.02. The molecule has 0 spiro atoms. The summed E-state index contributed by atoms with van der Waals surface area (Å²) in [6.07, 6.45) is 1.96. The lowest BCUT2D eigenvalue weighted by Crippen LogP contribution is -2.32. The van der Waals surface area contributed by atoms with Crippen molar-refractivity contribution in [2.75, 3.05) is 6.54 Å². The first-order valence-corrected chi connectivity index (χ1v) is 5.42. The molecule has 0 bridgehead atoms. The molecule has 1 heterocycles. The molecule has 0 aromatic carbocycles. The molecule has 1 atom stereocenters. The van der Waals surface area contributed by atoms with E-state index in [-0.39, 0.29) is 12.5 Å². The van der Waals surface area contributed by atoms with Crippen LogP contribution in [0.25, 0.3) is 0 Å². The fourth-order valence-electron chi connectivity index (χ4n) is 1.04. The van der Waals surface area contributed by atoms with E-state index in [9.17, 15) is 9.59 Å². The fourth-order valence-corrected chi connectivity index (χ4v) is 1.57. The number of aromatic nitrogens is 1. The van der Waals surface area contributed by atoms with Crippen LogP contribution in [-0.4, -0.2) is 28.5 Å². The van der Waals surface area contributed by atoms with Crippen molar-refractivity contribution >= 4 is 23.2 Å². The maximum atomic E-state index is 11.4. The molecule has 1 aromatic heterocycles. The molecule has 0 aliphatic rings. The number of hydrogen-bond donors (Lipinski definition) is 2. The molecule has 2 N–H and O–H groups in total. The van der Waals surface area contributed by atoms with Crippen LogP contribution in [0, 0.1) is 5.92 Å². The molecule has 6 heteroatoms. The van der Waals surface area contributed by atoms with Crippen LogP contribution in [0.3, 0.4) is 0 Å². The number of aliphatic carboxylic acids is 1. The third-order valence-electron chi connectivity index (χ3n) is 2.01. The number of carbonyl (C=O) groups excluding carboxylic acids is 1. The van der Waals surface area contributed by atoms with Gasteiger partial charge in [-0.25, -0.2) is 0 Å². The Balaban J connectivity index is 2.43. The Morgan fingerprint density at radius 2 is 2.40 bits per heavy atom. The molecule has 1 amide bonds. The first-order chi connectivity index (χ1) is 7.15. The Labute approximate surface area is 91.1 Å². The third kappa shape index (κ3) is 3.32. The van der Waals surface area contributed by atoms with Crippen LogP contribution in [0.1, 0.15) is 23.0 Å². The lowest BCUT2D eigenvalue weighted by Gasteiger charge is -2.09. The Bertz CT molecular complexity index is 337. The minimum Gasteiger partial charge on any atom is -0.481 e. The minimum atomic E-state index is -0.887. The summed E-state index contributed by atoms with van der Waals surface area (Å²) in [7, 11) is 0. The molecule has 1 unspecified atom stereocenters. The van der Waals surface area contributed by atoms with Gasteiger partial charge in [0.1, 0.15) is 4.88 Å². The first-order valence-electron chi connectivity index (χ1n) is 4.54. The smallest absolute Gasteiger partial charge is 0.308 e. The van der Waals surface area contributed by atoms with Crippen LogP contribution in [0.2, 0.25) is 0 Å². The number of carboxylic acids is 1. The minimum absolute atomic E-state index is 0.155. The number of carboxylic acid groups (broad SMARTS) is 1. The number of hydrogen-bond acceptors (Lipinski definition) is 4. The molecule has 0 aliphatic heterocycles. The average Bonchev–Trinajstić information content (AvgIpc) is 2.70. The van der Waals surface area contributed by atoms with Crippen molar-refractivity contribution in [2.24, 2.45) is 5.92 Å². The van der Waals surface area contributed by atoms with Crippen molar-refractivity contribution in [2.45, 2.75) is 13.3 Å². The van der Waals surface area contributed by atoms with Gasteiger partial charge >= 0.3 is 5.97 Å². The Kier molecular flexibility index (Phi) is 4.23. The fraction of sp³-hybridized carbons (Fsp3) is 0.444. The van der Waals surface area contributed by atoms with Crippen LogP contribution in [-0.2, 0) is 4.79 Å². The summed E-state index contributed by atoms with van der Waals surface area (Å²) < 4.78 is 0. The van der Waals surface area contributed by atoms with E-state index in [1.807, 2.05) is 0 Å². The van der Waals surface area contributed by atoms with Gasteiger partial charge in [-0.2, -0.15) is 0 Å². The molecule has 0 saturated carbocycles. The summed E-state index contributed by atoms with van der Waals surface area (Å²) in [5.41, 5.74) is 1.56. The van der Waals surface area contributed by atoms with Crippen molar-refractivity contribution in [3.05, 3.63) is 16.6 Å². The molecule has 0 aliphatic carbocycles. The van der Waals surface area contributed by atoms with Crippen molar-refractivity contribution in [1.29, 1.82) is 0 Å². The highest BCUT2D eigenvalue weighted by atomic mass is 32.1. The zero-order valence-electron chi connectivity index (χ0n) is 8.27. The van der Waals surface area contributed by atoms with Gasteiger partial charge in [-0.3, -0.25) is 14.6 Å². The van der Waals surface area contributed by atoms with E-state index in [1.54, 1.807) is 12.4 Å². The van der Waals surface area contributed by atoms with Crippen LogP contribution < -0.4 is 5.32 Å². The van der Waals surface area contributed by atoms with Crippen LogP contribution >= 0.6 is 11.3 Å². The van der Waals surface area contributed by atoms with E-state index in [4.69, 9.17) is 5.11 Å². The highest BCUT2D eigenvalue weighted by Crippen LogP contribution is 2.06. The normalized spacial score (nSPS) is 12.1. The Morgan fingerprint density at radius 3 is 2.87 bits per heavy atom. The quantitative estimate of drug-likeness (QED) is 0.787. The van der Waals surface area contributed by atoms with Crippen molar-refractivity contribution in [3.63, 3.8) is 0 Å². The van der Waals surface area contributed by atoms with E-state index in [0.29, 0.717) is 11.3 Å². The highest BCUT2D eigenvalue weighted by molar-refractivity contribution is 7.11. The van der Waals surface area contributed by atoms with Crippen molar-refractivity contribution in [3.8, 4) is 0 Å². The standard InChI is InChI=1S/C9H12N2O3S/c1-2-6(9(13)14)3-11-8(12)7-4-10-5-15-7/h4-6H,2-3H2,1H3,(H,11,12)(H,13,14). The van der Waals surface area contributed by atoms with Gasteiger partial charge in [-0.15, -0.1) is 11.3 Å². The predicted octanol–water partition coefficient (Wildman–Crippen LogP) is 0.984. The second kappa shape index (κ2) is 5.45. The molecule has 5 nitrogen and oxygen atoms in total. The molecular weight excluding hydrogens is 216 g/mol. The SMILES string of the molecule is CCC(CNC(=O)c1cncs1)C(=O)O. The summed E-state index contributed by atoms with van der Waals surface area (Å²) in [5.74, 6) is -1.68. The number of carbonyl (C=O) groups is 2. The Hall–Kier alpha value is -1.43. The number of rotatable bonds is 5. The maximum Gasteiger partial charge on any atom is 0.308 e. The highest BCUT2D eigenvalue weighted by Gasteiger charge is 2.16. The lowest BCUT2D eigenvalue weighted by molar-refractivity contribution is -0.141. The van der Waals surface area contributed by atoms with Gasteiger partial charge in [0.25, 0.3) is 5.91 Å². The van der Waals surface area contributed by atoms with Gasteiger partial charge < -0.3 is 10.4 Å². The van der Waals surface area contributed by atoms with Crippen LogP contribution in [0.5, 0.6) is 0 Å². The van der Waals surface area contributed by atoms with Crippen molar-refractivity contribution in [1.82, 2.24) is 10.3 Å². The summed E-state index contributed by atoms with van der Waals surface area (Å²) in [5, 5.41) is 11.3. The largest absolute Gasteiger partial charge is 0.481 e. The Morgan fingerprint density at radius 1 is 1.67 bits per heavy atom. The molecule has 0 saturated heterocycles. The summed E-state index contributed by atoms with van der Waals surface area (Å²) >= 11 is 1.23. The van der Waals surface area contributed by atoms with Crippen LogP contribution in [0.15, 0.2) is 11.7 Å². The zero-order valence-corrected chi connectivity index (χ0v) is 9.08. The summed E-state index contributed by atoms with van der Waals surface area (Å²) in [6, 6.07) is 0. The van der Waals surface area contributed by atoms with Gasteiger partial charge in [-0.05, 0) is 6.42 Å². The average molecular weight is 228 g/mol. The first kappa shape index (κ1) is 11.6. The lowest BCUT2D eigenvalue weighted by atomic mass is 10.1. The van der Waals surface area contributed by atoms with E-state index >= 15 is 0 Å². The van der Waals surface area contributed by atoms with E-state index in [2.05, 4.69) is 10.3 Å². The van der Waals surface area contributed by atoms with E-state index in [1.165, 1.54) is 17.5 Å². The van der Waals surface area contributed by atoms with Gasteiger partial charge in [0.2, 0.25) is 0 Å². The van der Waals surface area contributed by atoms with E-state index < -0.39 is 11.9 Å². The zero-order chi connectivity index (χ0) is 11.3.